The molecule has 5 heteroatoms. The number of aliphatic hydroxyl groups is 1. The second-order valence-corrected chi connectivity index (χ2v) is 6.23. The molecule has 0 aliphatic carbocycles. The molecule has 1 aliphatic heterocycles. The van der Waals surface area contributed by atoms with Crippen LogP contribution in [0.15, 0.2) is 12.3 Å². The molecule has 1 aliphatic rings. The van der Waals surface area contributed by atoms with Gasteiger partial charge in [-0.25, -0.2) is 0 Å². The van der Waals surface area contributed by atoms with Crippen LogP contribution in [0.25, 0.3) is 0 Å². The van der Waals surface area contributed by atoms with Gasteiger partial charge < -0.3 is 14.4 Å². The number of hydrogen-bond acceptors (Lipinski definition) is 4. The van der Waals surface area contributed by atoms with Gasteiger partial charge in [0.25, 0.3) is 0 Å². The van der Waals surface area contributed by atoms with Crippen LogP contribution in [0.3, 0.4) is 0 Å². The molecule has 2 heterocycles. The van der Waals surface area contributed by atoms with Crippen LogP contribution in [-0.4, -0.2) is 28.4 Å². The molecule has 104 valence electrons. The number of pyridine rings is 1. The molecule has 0 saturated carbocycles. The lowest BCUT2D eigenvalue weighted by atomic mass is 9.82. The van der Waals surface area contributed by atoms with Crippen LogP contribution in [-0.2, 0) is 9.31 Å². The van der Waals surface area contributed by atoms with E-state index in [0.29, 0.717) is 5.59 Å². The maximum Gasteiger partial charge on any atom is 0.514 e. The number of aryl methyl sites for hydroxylation is 1. The van der Waals surface area contributed by atoms with Crippen molar-refractivity contribution in [2.45, 2.75) is 58.8 Å². The molecular formula is C14H22BNO3. The Morgan fingerprint density at radius 2 is 1.74 bits per heavy atom. The number of aromatic nitrogens is 1. The molecule has 1 N–H and O–H groups in total. The summed E-state index contributed by atoms with van der Waals surface area (Å²) >= 11 is 0. The summed E-state index contributed by atoms with van der Waals surface area (Å²) in [6.45, 7) is 11.7. The van der Waals surface area contributed by atoms with Crippen LogP contribution in [0.5, 0.6) is 0 Å². The molecule has 1 aromatic rings. The Balaban J connectivity index is 2.32. The monoisotopic (exact) mass is 263 g/mol. The lowest BCUT2D eigenvalue weighted by molar-refractivity contribution is 0.00578. The molecule has 1 fully saturated rings. The Labute approximate surface area is 115 Å². The van der Waals surface area contributed by atoms with E-state index in [1.165, 1.54) is 0 Å². The van der Waals surface area contributed by atoms with Gasteiger partial charge in [0.2, 0.25) is 0 Å². The van der Waals surface area contributed by atoms with E-state index >= 15 is 0 Å². The number of aliphatic hydroxyl groups excluding tert-OH is 1. The highest BCUT2D eigenvalue weighted by molar-refractivity contribution is 6.61. The maximum absolute atomic E-state index is 9.77. The second kappa shape index (κ2) is 4.58. The van der Waals surface area contributed by atoms with Crippen LogP contribution in [0, 0.1) is 6.92 Å². The fraction of sp³-hybridized carbons (Fsp3) is 0.643. The summed E-state index contributed by atoms with van der Waals surface area (Å²) in [5.74, 6) is 0. The third-order valence-corrected chi connectivity index (χ3v) is 4.11. The van der Waals surface area contributed by atoms with E-state index in [0.717, 1.165) is 11.1 Å². The first kappa shape index (κ1) is 14.5. The SMILES string of the molecule is Cc1cnc(B2OC(C)(C)C(C)(C)O2)cc1C(C)O. The molecule has 0 aromatic carbocycles. The van der Waals surface area contributed by atoms with Gasteiger partial charge in [-0.15, -0.1) is 0 Å². The molecule has 19 heavy (non-hydrogen) atoms. The van der Waals surface area contributed by atoms with Gasteiger partial charge >= 0.3 is 7.12 Å². The van der Waals surface area contributed by atoms with Crippen molar-refractivity contribution < 1.29 is 14.4 Å². The molecule has 0 amide bonds. The summed E-state index contributed by atoms with van der Waals surface area (Å²) in [7, 11) is -0.483. The zero-order valence-corrected chi connectivity index (χ0v) is 12.5. The predicted octanol–water partition coefficient (Wildman–Crippen LogP) is 1.74. The lowest BCUT2D eigenvalue weighted by Gasteiger charge is -2.32. The van der Waals surface area contributed by atoms with Crippen LogP contribution in [0.2, 0.25) is 0 Å². The normalized spacial score (nSPS) is 22.6. The Bertz CT molecular complexity index is 470. The topological polar surface area (TPSA) is 51.6 Å². The molecule has 1 saturated heterocycles. The van der Waals surface area contributed by atoms with Gasteiger partial charge in [0.05, 0.1) is 22.9 Å². The molecule has 0 bridgehead atoms. The summed E-state index contributed by atoms with van der Waals surface area (Å²) in [6.07, 6.45) is 1.23. The van der Waals surface area contributed by atoms with Crippen LogP contribution in [0.1, 0.15) is 51.8 Å². The maximum atomic E-state index is 9.77. The van der Waals surface area contributed by atoms with Crippen molar-refractivity contribution in [2.75, 3.05) is 0 Å². The molecule has 1 aromatic heterocycles. The van der Waals surface area contributed by atoms with Gasteiger partial charge in [0.15, 0.2) is 0 Å². The molecular weight excluding hydrogens is 241 g/mol. The van der Waals surface area contributed by atoms with Crippen LogP contribution >= 0.6 is 0 Å². The molecule has 4 nitrogen and oxygen atoms in total. The molecule has 0 radical (unpaired) electrons. The first-order chi connectivity index (χ1) is 8.64. The molecule has 0 spiro atoms. The minimum atomic E-state index is -0.524. The molecule has 1 unspecified atom stereocenters. The highest BCUT2D eigenvalue weighted by Crippen LogP contribution is 2.36. The quantitative estimate of drug-likeness (QED) is 0.826. The van der Waals surface area contributed by atoms with Gasteiger partial charge in [0, 0.05) is 6.20 Å². The Hall–Kier alpha value is -0.905. The Morgan fingerprint density at radius 1 is 1.21 bits per heavy atom. The van der Waals surface area contributed by atoms with Crippen molar-refractivity contribution >= 4 is 12.7 Å². The fourth-order valence-corrected chi connectivity index (χ4v) is 2.10. The van der Waals surface area contributed by atoms with E-state index in [1.54, 1.807) is 13.1 Å². The summed E-state index contributed by atoms with van der Waals surface area (Å²) in [5.41, 5.74) is 1.78. The van der Waals surface area contributed by atoms with E-state index in [2.05, 4.69) is 4.98 Å². The predicted molar refractivity (Wildman–Crippen MR) is 75.3 cm³/mol. The van der Waals surface area contributed by atoms with Crippen molar-refractivity contribution in [3.63, 3.8) is 0 Å². The molecule has 2 rings (SSSR count). The standard InChI is InChI=1S/C14H22BNO3/c1-9-8-16-12(7-11(9)10(2)17)15-18-13(3,4)14(5,6)19-15/h7-8,10,17H,1-6H3. The van der Waals surface area contributed by atoms with Crippen molar-refractivity contribution in [3.05, 3.63) is 23.4 Å². The second-order valence-electron chi connectivity index (χ2n) is 6.23. The van der Waals surface area contributed by atoms with Crippen LogP contribution in [0.4, 0.5) is 0 Å². The van der Waals surface area contributed by atoms with Gasteiger partial charge in [-0.3, -0.25) is 4.98 Å². The zero-order chi connectivity index (χ0) is 14.4. The first-order valence-corrected chi connectivity index (χ1v) is 6.64. The third-order valence-electron chi connectivity index (χ3n) is 4.11. The van der Waals surface area contributed by atoms with E-state index in [9.17, 15) is 5.11 Å². The largest absolute Gasteiger partial charge is 0.514 e. The van der Waals surface area contributed by atoms with Gasteiger partial charge in [-0.1, -0.05) is 0 Å². The number of hydrogen-bond donors (Lipinski definition) is 1. The Kier molecular flexibility index (Phi) is 3.50. The van der Waals surface area contributed by atoms with E-state index in [4.69, 9.17) is 9.31 Å². The number of nitrogens with zero attached hydrogens (tertiary/aromatic N) is 1. The lowest BCUT2D eigenvalue weighted by Crippen LogP contribution is -2.41. The van der Waals surface area contributed by atoms with Crippen molar-refractivity contribution in [3.8, 4) is 0 Å². The van der Waals surface area contributed by atoms with Gasteiger partial charge in [-0.2, -0.15) is 0 Å². The first-order valence-electron chi connectivity index (χ1n) is 6.64. The highest BCUT2D eigenvalue weighted by atomic mass is 16.7. The van der Waals surface area contributed by atoms with Gasteiger partial charge in [0.1, 0.15) is 0 Å². The zero-order valence-electron chi connectivity index (χ0n) is 12.5. The van der Waals surface area contributed by atoms with E-state index in [-0.39, 0.29) is 11.2 Å². The highest BCUT2D eigenvalue weighted by Gasteiger charge is 2.52. The molecule has 1 atom stereocenters. The van der Waals surface area contributed by atoms with Crippen molar-refractivity contribution in [1.82, 2.24) is 4.98 Å². The van der Waals surface area contributed by atoms with E-state index in [1.807, 2.05) is 40.7 Å². The minimum absolute atomic E-state index is 0.380. The third kappa shape index (κ3) is 2.55. The number of rotatable bonds is 2. The van der Waals surface area contributed by atoms with Gasteiger partial charge in [-0.05, 0) is 58.7 Å². The van der Waals surface area contributed by atoms with E-state index < -0.39 is 13.2 Å². The minimum Gasteiger partial charge on any atom is -0.398 e. The smallest absolute Gasteiger partial charge is 0.398 e. The van der Waals surface area contributed by atoms with Crippen molar-refractivity contribution in [1.29, 1.82) is 0 Å². The average molecular weight is 263 g/mol. The van der Waals surface area contributed by atoms with Crippen LogP contribution < -0.4 is 5.59 Å². The fourth-order valence-electron chi connectivity index (χ4n) is 2.10. The summed E-state index contributed by atoms with van der Waals surface area (Å²) < 4.78 is 11.9. The average Bonchev–Trinajstić information content (AvgIpc) is 2.48. The van der Waals surface area contributed by atoms with Crippen molar-refractivity contribution in [2.24, 2.45) is 0 Å². The summed E-state index contributed by atoms with van der Waals surface area (Å²) in [4.78, 5) is 4.37. The Morgan fingerprint density at radius 3 is 2.21 bits per heavy atom. The summed E-state index contributed by atoms with van der Waals surface area (Å²) in [6, 6.07) is 1.86. The summed E-state index contributed by atoms with van der Waals surface area (Å²) in [5, 5.41) is 9.77.